The predicted molar refractivity (Wildman–Crippen MR) is 81.1 cm³/mol. The van der Waals surface area contributed by atoms with E-state index in [1.54, 1.807) is 12.1 Å². The molecule has 0 aliphatic heterocycles. The molecule has 4 nitrogen and oxygen atoms in total. The van der Waals surface area contributed by atoms with Gasteiger partial charge < -0.3 is 15.7 Å². The van der Waals surface area contributed by atoms with E-state index in [1.165, 1.54) is 17.2 Å². The molecule has 0 aliphatic carbocycles. The third kappa shape index (κ3) is 3.09. The van der Waals surface area contributed by atoms with Gasteiger partial charge in [0.2, 0.25) is 0 Å². The Morgan fingerprint density at radius 2 is 2.00 bits per heavy atom. The van der Waals surface area contributed by atoms with Crippen LogP contribution in [0.15, 0.2) is 42.5 Å². The molecule has 0 bridgehead atoms. The highest BCUT2D eigenvalue weighted by molar-refractivity contribution is 5.90. The van der Waals surface area contributed by atoms with Crippen molar-refractivity contribution in [2.75, 3.05) is 17.7 Å². The number of carbonyl (C=O) groups is 1. The summed E-state index contributed by atoms with van der Waals surface area (Å²) in [6.07, 6.45) is 0. The molecule has 104 valence electrons. The van der Waals surface area contributed by atoms with Gasteiger partial charge in [-0.25, -0.2) is 4.79 Å². The van der Waals surface area contributed by atoms with E-state index < -0.39 is 5.97 Å². The van der Waals surface area contributed by atoms with Crippen LogP contribution in [0.1, 0.15) is 21.5 Å². The number of hydrogen-bond acceptors (Lipinski definition) is 3. The number of carboxylic acid groups (broad SMARTS) is 1. The van der Waals surface area contributed by atoms with Crippen LogP contribution in [0.25, 0.3) is 0 Å². The lowest BCUT2D eigenvalue weighted by Crippen LogP contribution is -2.18. The minimum atomic E-state index is -0.968. The van der Waals surface area contributed by atoms with Crippen LogP contribution >= 0.6 is 0 Å². The summed E-state index contributed by atoms with van der Waals surface area (Å²) in [5, 5.41) is 8.94. The molecule has 0 aromatic heterocycles. The highest BCUT2D eigenvalue weighted by Gasteiger charge is 2.10. The number of nitrogen functional groups attached to an aromatic ring is 1. The molecule has 0 atom stereocenters. The van der Waals surface area contributed by atoms with Crippen LogP contribution in [0.2, 0.25) is 0 Å². The lowest BCUT2D eigenvalue weighted by molar-refractivity contribution is 0.0697. The molecule has 0 amide bonds. The van der Waals surface area contributed by atoms with E-state index in [1.807, 2.05) is 18.0 Å². The maximum absolute atomic E-state index is 10.9. The molecule has 0 fully saturated rings. The molecule has 2 rings (SSSR count). The van der Waals surface area contributed by atoms with Crippen molar-refractivity contribution in [3.8, 4) is 0 Å². The Labute approximate surface area is 118 Å². The van der Waals surface area contributed by atoms with E-state index in [0.29, 0.717) is 5.69 Å². The summed E-state index contributed by atoms with van der Waals surface area (Å²) in [6, 6.07) is 13.1. The molecule has 0 saturated heterocycles. The molecule has 20 heavy (non-hydrogen) atoms. The SMILES string of the molecule is Cc1cccc(CN(C)c2ccc(C(=O)O)cc2N)c1. The molecule has 0 spiro atoms. The number of anilines is 2. The van der Waals surface area contributed by atoms with Gasteiger partial charge in [0.05, 0.1) is 16.9 Å². The molecule has 4 heteroatoms. The van der Waals surface area contributed by atoms with Gasteiger partial charge in [-0.2, -0.15) is 0 Å². The number of carboxylic acids is 1. The summed E-state index contributed by atoms with van der Waals surface area (Å²) in [5.74, 6) is -0.968. The lowest BCUT2D eigenvalue weighted by atomic mass is 10.1. The lowest BCUT2D eigenvalue weighted by Gasteiger charge is -2.21. The van der Waals surface area contributed by atoms with Gasteiger partial charge in [-0.3, -0.25) is 0 Å². The van der Waals surface area contributed by atoms with Crippen LogP contribution in [0, 0.1) is 6.92 Å². The Kier molecular flexibility index (Phi) is 3.94. The van der Waals surface area contributed by atoms with Crippen LogP contribution in [0.4, 0.5) is 11.4 Å². The highest BCUT2D eigenvalue weighted by Crippen LogP contribution is 2.25. The van der Waals surface area contributed by atoms with Crippen molar-refractivity contribution in [1.29, 1.82) is 0 Å². The monoisotopic (exact) mass is 270 g/mol. The molecule has 0 saturated carbocycles. The van der Waals surface area contributed by atoms with Gasteiger partial charge in [-0.05, 0) is 30.7 Å². The Balaban J connectivity index is 2.21. The number of nitrogens with two attached hydrogens (primary N) is 1. The maximum atomic E-state index is 10.9. The van der Waals surface area contributed by atoms with Crippen molar-refractivity contribution in [2.45, 2.75) is 13.5 Å². The van der Waals surface area contributed by atoms with Gasteiger partial charge in [-0.15, -0.1) is 0 Å². The van der Waals surface area contributed by atoms with Gasteiger partial charge in [0.25, 0.3) is 0 Å². The van der Waals surface area contributed by atoms with Crippen LogP contribution in [0.3, 0.4) is 0 Å². The summed E-state index contributed by atoms with van der Waals surface area (Å²) in [6.45, 7) is 2.78. The van der Waals surface area contributed by atoms with Crippen LogP contribution in [-0.2, 0) is 6.54 Å². The maximum Gasteiger partial charge on any atom is 0.335 e. The average molecular weight is 270 g/mol. The fourth-order valence-corrected chi connectivity index (χ4v) is 2.20. The van der Waals surface area contributed by atoms with Gasteiger partial charge in [0.1, 0.15) is 0 Å². The minimum Gasteiger partial charge on any atom is -0.478 e. The quantitative estimate of drug-likeness (QED) is 0.838. The van der Waals surface area contributed by atoms with Gasteiger partial charge in [-0.1, -0.05) is 29.8 Å². The van der Waals surface area contributed by atoms with Gasteiger partial charge >= 0.3 is 5.97 Å². The van der Waals surface area contributed by atoms with E-state index in [9.17, 15) is 4.79 Å². The molecule has 3 N–H and O–H groups in total. The molecule has 0 unspecified atom stereocenters. The van der Waals surface area contributed by atoms with E-state index in [2.05, 4.69) is 25.1 Å². The first-order chi connectivity index (χ1) is 9.47. The van der Waals surface area contributed by atoms with E-state index in [-0.39, 0.29) is 5.56 Å². The number of hydrogen-bond donors (Lipinski definition) is 2. The van der Waals surface area contributed by atoms with Gasteiger partial charge in [0.15, 0.2) is 0 Å². The molecule has 2 aromatic carbocycles. The largest absolute Gasteiger partial charge is 0.478 e. The second kappa shape index (κ2) is 5.65. The van der Waals surface area contributed by atoms with Crippen molar-refractivity contribution < 1.29 is 9.90 Å². The van der Waals surface area contributed by atoms with Crippen molar-refractivity contribution in [3.63, 3.8) is 0 Å². The molecular weight excluding hydrogens is 252 g/mol. The number of nitrogens with zero attached hydrogens (tertiary/aromatic N) is 1. The Hall–Kier alpha value is -2.49. The van der Waals surface area contributed by atoms with Crippen LogP contribution in [0.5, 0.6) is 0 Å². The highest BCUT2D eigenvalue weighted by atomic mass is 16.4. The Morgan fingerprint density at radius 3 is 2.60 bits per heavy atom. The van der Waals surface area contributed by atoms with Crippen molar-refractivity contribution in [3.05, 3.63) is 59.2 Å². The predicted octanol–water partition coefficient (Wildman–Crippen LogP) is 2.91. The first kappa shape index (κ1) is 13.9. The summed E-state index contributed by atoms with van der Waals surface area (Å²) in [4.78, 5) is 12.9. The molecule has 0 radical (unpaired) electrons. The fourth-order valence-electron chi connectivity index (χ4n) is 2.20. The molecule has 0 heterocycles. The summed E-state index contributed by atoms with van der Waals surface area (Å²) in [7, 11) is 1.94. The van der Waals surface area contributed by atoms with Gasteiger partial charge in [0, 0.05) is 13.6 Å². The Bertz CT molecular complexity index is 638. The zero-order chi connectivity index (χ0) is 14.7. The normalized spacial score (nSPS) is 10.3. The standard InChI is InChI=1S/C16H18N2O2/c1-11-4-3-5-12(8-11)10-18(2)15-7-6-13(16(19)20)9-14(15)17/h3-9H,10,17H2,1-2H3,(H,19,20). The smallest absolute Gasteiger partial charge is 0.335 e. The summed E-state index contributed by atoms with van der Waals surface area (Å²) >= 11 is 0. The minimum absolute atomic E-state index is 0.204. The fraction of sp³-hybridized carbons (Fsp3) is 0.188. The number of rotatable bonds is 4. The first-order valence-corrected chi connectivity index (χ1v) is 6.37. The average Bonchev–Trinajstić information content (AvgIpc) is 2.38. The van der Waals surface area contributed by atoms with Crippen LogP contribution in [-0.4, -0.2) is 18.1 Å². The van der Waals surface area contributed by atoms with E-state index >= 15 is 0 Å². The number of aromatic carboxylic acids is 1. The summed E-state index contributed by atoms with van der Waals surface area (Å²) < 4.78 is 0. The second-order valence-electron chi connectivity index (χ2n) is 4.92. The molecular formula is C16H18N2O2. The van der Waals surface area contributed by atoms with Crippen molar-refractivity contribution in [1.82, 2.24) is 0 Å². The van der Waals surface area contributed by atoms with Crippen molar-refractivity contribution >= 4 is 17.3 Å². The van der Waals surface area contributed by atoms with Crippen molar-refractivity contribution in [2.24, 2.45) is 0 Å². The third-order valence-electron chi connectivity index (χ3n) is 3.19. The first-order valence-electron chi connectivity index (χ1n) is 6.37. The van der Waals surface area contributed by atoms with Crippen LogP contribution < -0.4 is 10.6 Å². The topological polar surface area (TPSA) is 66.6 Å². The number of benzene rings is 2. The summed E-state index contributed by atoms with van der Waals surface area (Å²) in [5.41, 5.74) is 9.85. The second-order valence-corrected chi connectivity index (χ2v) is 4.92. The zero-order valence-electron chi connectivity index (χ0n) is 11.6. The zero-order valence-corrected chi connectivity index (χ0v) is 11.6. The van der Waals surface area contributed by atoms with E-state index in [0.717, 1.165) is 12.2 Å². The Morgan fingerprint density at radius 1 is 1.25 bits per heavy atom. The third-order valence-corrected chi connectivity index (χ3v) is 3.19. The number of aryl methyl sites for hydroxylation is 1. The molecule has 2 aromatic rings. The van der Waals surface area contributed by atoms with E-state index in [4.69, 9.17) is 10.8 Å². The molecule has 0 aliphatic rings.